The molecular formula is C16H14BrO2. The summed E-state index contributed by atoms with van der Waals surface area (Å²) in [7, 11) is 0. The molecule has 0 atom stereocenters. The maximum absolute atomic E-state index is 5.79. The molecule has 0 amide bonds. The van der Waals surface area contributed by atoms with Crippen LogP contribution in [0.2, 0.25) is 0 Å². The van der Waals surface area contributed by atoms with E-state index in [2.05, 4.69) is 22.0 Å². The predicted molar refractivity (Wildman–Crippen MR) is 77.7 cm³/mol. The smallest absolute Gasteiger partial charge is 0.131 e. The van der Waals surface area contributed by atoms with E-state index in [9.17, 15) is 0 Å². The monoisotopic (exact) mass is 317 g/mol. The van der Waals surface area contributed by atoms with Crippen LogP contribution in [-0.2, 0) is 0 Å². The molecule has 1 radical (unpaired) electrons. The topological polar surface area (TPSA) is 18.5 Å². The van der Waals surface area contributed by atoms with E-state index in [0.29, 0.717) is 0 Å². The van der Waals surface area contributed by atoms with Gasteiger partial charge in [0, 0.05) is 10.5 Å². The minimum Gasteiger partial charge on any atom is -0.493 e. The highest BCUT2D eigenvalue weighted by Crippen LogP contribution is 2.31. The molecule has 2 aromatic rings. The normalized spacial score (nSPS) is 14.2. The highest BCUT2D eigenvalue weighted by Gasteiger charge is 2.21. The van der Waals surface area contributed by atoms with E-state index in [1.165, 1.54) is 12.8 Å². The minimum absolute atomic E-state index is 0.755. The number of halogens is 1. The zero-order chi connectivity index (χ0) is 13.1. The average molecular weight is 318 g/mol. The van der Waals surface area contributed by atoms with Gasteiger partial charge in [0.25, 0.3) is 0 Å². The van der Waals surface area contributed by atoms with Gasteiger partial charge in [-0.3, -0.25) is 0 Å². The van der Waals surface area contributed by atoms with Gasteiger partial charge in [-0.05, 0) is 55.2 Å². The SMILES string of the molecule is Brc1[c]ccc(Oc2cccc(OCC3CC3)c2)c1. The van der Waals surface area contributed by atoms with Crippen molar-refractivity contribution < 1.29 is 9.47 Å². The number of rotatable bonds is 5. The summed E-state index contributed by atoms with van der Waals surface area (Å²) in [5.41, 5.74) is 0. The molecule has 1 saturated carbocycles. The Labute approximate surface area is 121 Å². The molecule has 3 rings (SSSR count). The summed E-state index contributed by atoms with van der Waals surface area (Å²) in [6.07, 6.45) is 2.59. The van der Waals surface area contributed by atoms with E-state index in [1.54, 1.807) is 0 Å². The van der Waals surface area contributed by atoms with Crippen molar-refractivity contribution in [3.05, 3.63) is 53.0 Å². The molecule has 19 heavy (non-hydrogen) atoms. The first-order valence-electron chi connectivity index (χ1n) is 6.37. The lowest BCUT2D eigenvalue weighted by Crippen LogP contribution is -1.98. The van der Waals surface area contributed by atoms with Gasteiger partial charge in [-0.25, -0.2) is 0 Å². The summed E-state index contributed by atoms with van der Waals surface area (Å²) in [5.74, 6) is 3.19. The van der Waals surface area contributed by atoms with Gasteiger partial charge in [-0.15, -0.1) is 0 Å². The summed E-state index contributed by atoms with van der Waals surface area (Å²) in [6.45, 7) is 0.815. The van der Waals surface area contributed by atoms with Crippen LogP contribution in [0.5, 0.6) is 17.2 Å². The van der Waals surface area contributed by atoms with E-state index >= 15 is 0 Å². The van der Waals surface area contributed by atoms with Gasteiger partial charge in [0.15, 0.2) is 0 Å². The Morgan fingerprint density at radius 3 is 2.68 bits per heavy atom. The zero-order valence-corrected chi connectivity index (χ0v) is 12.0. The zero-order valence-electron chi connectivity index (χ0n) is 10.4. The maximum atomic E-state index is 5.79. The molecule has 0 aromatic heterocycles. The molecule has 0 spiro atoms. The lowest BCUT2D eigenvalue weighted by atomic mass is 10.3. The van der Waals surface area contributed by atoms with Gasteiger partial charge in [0.2, 0.25) is 0 Å². The Kier molecular flexibility index (Phi) is 3.74. The third-order valence-corrected chi connectivity index (χ3v) is 3.42. The van der Waals surface area contributed by atoms with Crippen molar-refractivity contribution in [3.63, 3.8) is 0 Å². The van der Waals surface area contributed by atoms with Crippen LogP contribution >= 0.6 is 15.9 Å². The molecule has 1 fully saturated rings. The number of hydrogen-bond acceptors (Lipinski definition) is 2. The van der Waals surface area contributed by atoms with Crippen molar-refractivity contribution in [1.82, 2.24) is 0 Å². The van der Waals surface area contributed by atoms with Crippen molar-refractivity contribution in [2.45, 2.75) is 12.8 Å². The molecule has 1 aliphatic carbocycles. The summed E-state index contributed by atoms with van der Waals surface area (Å²) in [5, 5.41) is 0. The maximum Gasteiger partial charge on any atom is 0.131 e. The van der Waals surface area contributed by atoms with Crippen LogP contribution in [0.25, 0.3) is 0 Å². The number of hydrogen-bond donors (Lipinski definition) is 0. The van der Waals surface area contributed by atoms with Crippen molar-refractivity contribution in [2.75, 3.05) is 6.61 Å². The lowest BCUT2D eigenvalue weighted by molar-refractivity contribution is 0.298. The summed E-state index contributed by atoms with van der Waals surface area (Å²) < 4.78 is 12.4. The number of benzene rings is 2. The van der Waals surface area contributed by atoms with E-state index < -0.39 is 0 Å². The van der Waals surface area contributed by atoms with E-state index in [-0.39, 0.29) is 0 Å². The van der Waals surface area contributed by atoms with Crippen LogP contribution < -0.4 is 9.47 Å². The minimum atomic E-state index is 0.755. The Hall–Kier alpha value is -1.48. The van der Waals surface area contributed by atoms with E-state index in [1.807, 2.05) is 42.5 Å². The second-order valence-corrected chi connectivity index (χ2v) is 5.56. The first kappa shape index (κ1) is 12.5. The summed E-state index contributed by atoms with van der Waals surface area (Å²) in [4.78, 5) is 0. The molecule has 2 nitrogen and oxygen atoms in total. The van der Waals surface area contributed by atoms with E-state index in [0.717, 1.165) is 34.2 Å². The van der Waals surface area contributed by atoms with Gasteiger partial charge < -0.3 is 9.47 Å². The predicted octanol–water partition coefficient (Wildman–Crippen LogP) is 4.83. The van der Waals surface area contributed by atoms with E-state index in [4.69, 9.17) is 9.47 Å². The van der Waals surface area contributed by atoms with Crippen molar-refractivity contribution in [2.24, 2.45) is 5.92 Å². The van der Waals surface area contributed by atoms with Crippen LogP contribution in [0.4, 0.5) is 0 Å². The third kappa shape index (κ3) is 3.74. The molecule has 0 N–H and O–H groups in total. The van der Waals surface area contributed by atoms with Gasteiger partial charge >= 0.3 is 0 Å². The Morgan fingerprint density at radius 2 is 1.89 bits per heavy atom. The fourth-order valence-corrected chi connectivity index (χ4v) is 2.10. The van der Waals surface area contributed by atoms with Crippen LogP contribution in [-0.4, -0.2) is 6.61 Å². The quantitative estimate of drug-likeness (QED) is 0.786. The van der Waals surface area contributed by atoms with Crippen LogP contribution in [0.15, 0.2) is 46.9 Å². The molecule has 97 valence electrons. The molecule has 0 heterocycles. The third-order valence-electron chi connectivity index (χ3n) is 2.96. The Balaban J connectivity index is 1.67. The standard InChI is InChI=1S/C16H14BrO2/c17-13-3-1-5-15(9-13)19-16-6-2-4-14(10-16)18-11-12-7-8-12/h1-2,4-6,9-10,12H,7-8,11H2. The first-order valence-corrected chi connectivity index (χ1v) is 7.17. The van der Waals surface area contributed by atoms with Crippen molar-refractivity contribution in [3.8, 4) is 17.2 Å². The second-order valence-electron chi connectivity index (χ2n) is 4.70. The van der Waals surface area contributed by atoms with Gasteiger partial charge in [0.1, 0.15) is 17.2 Å². The summed E-state index contributed by atoms with van der Waals surface area (Å²) >= 11 is 3.38. The van der Waals surface area contributed by atoms with Crippen molar-refractivity contribution >= 4 is 15.9 Å². The van der Waals surface area contributed by atoms with Crippen LogP contribution in [0.3, 0.4) is 0 Å². The van der Waals surface area contributed by atoms with Crippen LogP contribution in [0.1, 0.15) is 12.8 Å². The fourth-order valence-electron chi connectivity index (χ4n) is 1.74. The Bertz CT molecular complexity index is 564. The molecular weight excluding hydrogens is 304 g/mol. The lowest BCUT2D eigenvalue weighted by Gasteiger charge is -2.09. The average Bonchev–Trinajstić information content (AvgIpc) is 3.21. The van der Waals surface area contributed by atoms with Gasteiger partial charge in [0.05, 0.1) is 6.61 Å². The van der Waals surface area contributed by atoms with Gasteiger partial charge in [-0.2, -0.15) is 0 Å². The van der Waals surface area contributed by atoms with Gasteiger partial charge in [-0.1, -0.05) is 22.0 Å². The second kappa shape index (κ2) is 5.66. The molecule has 0 aliphatic heterocycles. The molecule has 3 heteroatoms. The van der Waals surface area contributed by atoms with Crippen molar-refractivity contribution in [1.29, 1.82) is 0 Å². The molecule has 0 unspecified atom stereocenters. The molecule has 0 saturated heterocycles. The highest BCUT2D eigenvalue weighted by molar-refractivity contribution is 9.10. The highest BCUT2D eigenvalue weighted by atomic mass is 79.9. The Morgan fingerprint density at radius 1 is 1.11 bits per heavy atom. The molecule has 2 aromatic carbocycles. The van der Waals surface area contributed by atoms with Crippen LogP contribution in [0, 0.1) is 12.0 Å². The number of ether oxygens (including phenoxy) is 2. The largest absolute Gasteiger partial charge is 0.493 e. The molecule has 1 aliphatic rings. The first-order chi connectivity index (χ1) is 9.29. The summed E-state index contributed by atoms with van der Waals surface area (Å²) in [6, 6.07) is 16.4. The fraction of sp³-hybridized carbons (Fsp3) is 0.250. The molecule has 0 bridgehead atoms.